The minimum absolute atomic E-state index is 0.0575. The number of aryl methyl sites for hydroxylation is 2. The quantitative estimate of drug-likeness (QED) is 0.878. The molecule has 0 bridgehead atoms. The Balaban J connectivity index is 1.75. The third kappa shape index (κ3) is 5.13. The Morgan fingerprint density at radius 1 is 1.00 bits per heavy atom. The van der Waals surface area contributed by atoms with Crippen molar-refractivity contribution >= 4 is 0 Å². The van der Waals surface area contributed by atoms with Gasteiger partial charge in [0.2, 0.25) is 11.8 Å². The van der Waals surface area contributed by atoms with Crippen molar-refractivity contribution in [3.05, 3.63) is 47.7 Å². The summed E-state index contributed by atoms with van der Waals surface area (Å²) < 4.78 is 5.63. The van der Waals surface area contributed by atoms with Gasteiger partial charge in [-0.2, -0.15) is 0 Å². The summed E-state index contributed by atoms with van der Waals surface area (Å²) in [6.45, 7) is 6.97. The predicted molar refractivity (Wildman–Crippen MR) is 79.4 cm³/mol. The van der Waals surface area contributed by atoms with E-state index in [1.165, 1.54) is 5.56 Å². The maximum absolute atomic E-state index is 5.63. The molecule has 1 heterocycles. The topological polar surface area (TPSA) is 51.0 Å². The average molecular weight is 273 g/mol. The number of rotatable bonds is 6. The minimum Gasteiger partial charge on any atom is -0.424 e. The molecule has 0 radical (unpaired) electrons. The lowest BCUT2D eigenvalue weighted by Gasteiger charge is -2.18. The van der Waals surface area contributed by atoms with Gasteiger partial charge in [-0.1, -0.05) is 30.3 Å². The van der Waals surface area contributed by atoms with Gasteiger partial charge >= 0.3 is 0 Å². The van der Waals surface area contributed by atoms with Gasteiger partial charge in [-0.3, -0.25) is 0 Å². The molecule has 20 heavy (non-hydrogen) atoms. The van der Waals surface area contributed by atoms with Crippen molar-refractivity contribution in [1.82, 2.24) is 15.5 Å². The summed E-state index contributed by atoms with van der Waals surface area (Å²) in [5, 5.41) is 11.5. The van der Waals surface area contributed by atoms with E-state index in [1.54, 1.807) is 0 Å². The zero-order chi connectivity index (χ0) is 14.4. The van der Waals surface area contributed by atoms with Gasteiger partial charge in [0.1, 0.15) is 0 Å². The molecule has 0 amide bonds. The van der Waals surface area contributed by atoms with E-state index in [0.29, 0.717) is 12.4 Å². The molecule has 0 aliphatic rings. The number of hydrogen-bond donors (Lipinski definition) is 1. The monoisotopic (exact) mass is 273 g/mol. The summed E-state index contributed by atoms with van der Waals surface area (Å²) in [6.07, 6.45) is 2.90. The molecule has 0 saturated heterocycles. The van der Waals surface area contributed by atoms with Crippen LogP contribution in [0.25, 0.3) is 0 Å². The predicted octanol–water partition coefficient (Wildman–Crippen LogP) is 3.13. The summed E-state index contributed by atoms with van der Waals surface area (Å²) in [6, 6.07) is 10.5. The summed E-state index contributed by atoms with van der Waals surface area (Å²) in [4.78, 5) is 0. The van der Waals surface area contributed by atoms with Crippen molar-refractivity contribution in [2.24, 2.45) is 0 Å². The van der Waals surface area contributed by atoms with Crippen molar-refractivity contribution in [3.63, 3.8) is 0 Å². The van der Waals surface area contributed by atoms with E-state index in [-0.39, 0.29) is 5.54 Å². The zero-order valence-electron chi connectivity index (χ0n) is 12.5. The van der Waals surface area contributed by atoms with E-state index in [1.807, 2.05) is 6.07 Å². The number of hydrogen-bond acceptors (Lipinski definition) is 4. The first kappa shape index (κ1) is 14.7. The lowest BCUT2D eigenvalue weighted by atomic mass is 10.1. The van der Waals surface area contributed by atoms with Crippen LogP contribution in [0.4, 0.5) is 0 Å². The Kier molecular flexibility index (Phi) is 4.90. The van der Waals surface area contributed by atoms with Crippen LogP contribution in [-0.2, 0) is 19.4 Å². The number of nitrogens with zero attached hydrogens (tertiary/aromatic N) is 2. The van der Waals surface area contributed by atoms with Gasteiger partial charge in [0.05, 0.1) is 6.54 Å². The molecule has 1 aromatic heterocycles. The van der Waals surface area contributed by atoms with Crippen molar-refractivity contribution < 1.29 is 4.42 Å². The van der Waals surface area contributed by atoms with Crippen LogP contribution in [0, 0.1) is 0 Å². The van der Waals surface area contributed by atoms with E-state index >= 15 is 0 Å². The molecular formula is C16H23N3O. The molecule has 1 N–H and O–H groups in total. The molecule has 0 fully saturated rings. The van der Waals surface area contributed by atoms with E-state index in [0.717, 1.165) is 25.2 Å². The maximum atomic E-state index is 5.63. The van der Waals surface area contributed by atoms with Crippen LogP contribution >= 0.6 is 0 Å². The van der Waals surface area contributed by atoms with Crippen LogP contribution in [0.3, 0.4) is 0 Å². The number of aromatic nitrogens is 2. The molecule has 0 aliphatic carbocycles. The van der Waals surface area contributed by atoms with Gasteiger partial charge in [-0.25, -0.2) is 0 Å². The van der Waals surface area contributed by atoms with Gasteiger partial charge in [0.25, 0.3) is 0 Å². The van der Waals surface area contributed by atoms with Crippen LogP contribution in [-0.4, -0.2) is 15.7 Å². The average Bonchev–Trinajstić information content (AvgIpc) is 2.85. The molecule has 4 nitrogen and oxygen atoms in total. The second-order valence-corrected chi connectivity index (χ2v) is 6.03. The van der Waals surface area contributed by atoms with Crippen molar-refractivity contribution in [2.75, 3.05) is 0 Å². The van der Waals surface area contributed by atoms with Crippen LogP contribution < -0.4 is 5.32 Å². The molecule has 0 spiro atoms. The lowest BCUT2D eigenvalue weighted by Crippen LogP contribution is -2.35. The fraction of sp³-hybridized carbons (Fsp3) is 0.500. The molecule has 0 saturated carbocycles. The fourth-order valence-electron chi connectivity index (χ4n) is 1.89. The van der Waals surface area contributed by atoms with Crippen LogP contribution in [0.15, 0.2) is 34.7 Å². The molecule has 1 aromatic carbocycles. The van der Waals surface area contributed by atoms with Crippen LogP contribution in [0.5, 0.6) is 0 Å². The highest BCUT2D eigenvalue weighted by Gasteiger charge is 2.12. The highest BCUT2D eigenvalue weighted by molar-refractivity contribution is 5.14. The molecule has 0 unspecified atom stereocenters. The van der Waals surface area contributed by atoms with Gasteiger partial charge in [0, 0.05) is 12.0 Å². The van der Waals surface area contributed by atoms with E-state index in [2.05, 4.69) is 60.6 Å². The molecule has 2 rings (SSSR count). The Labute approximate surface area is 120 Å². The second kappa shape index (κ2) is 6.66. The SMILES string of the molecule is CC(C)(C)NCc1nnc(CCCc2ccccc2)o1. The van der Waals surface area contributed by atoms with Gasteiger partial charge in [-0.05, 0) is 39.2 Å². The van der Waals surface area contributed by atoms with Gasteiger partial charge in [-0.15, -0.1) is 10.2 Å². The third-order valence-corrected chi connectivity index (χ3v) is 2.98. The fourth-order valence-corrected chi connectivity index (χ4v) is 1.89. The first-order chi connectivity index (χ1) is 9.53. The summed E-state index contributed by atoms with van der Waals surface area (Å²) in [7, 11) is 0. The Bertz CT molecular complexity index is 514. The summed E-state index contributed by atoms with van der Waals surface area (Å²) >= 11 is 0. The second-order valence-electron chi connectivity index (χ2n) is 6.03. The van der Waals surface area contributed by atoms with E-state index in [4.69, 9.17) is 4.42 Å². The van der Waals surface area contributed by atoms with Gasteiger partial charge in [0.15, 0.2) is 0 Å². The third-order valence-electron chi connectivity index (χ3n) is 2.98. The molecule has 0 atom stereocenters. The van der Waals surface area contributed by atoms with E-state index < -0.39 is 0 Å². The van der Waals surface area contributed by atoms with Gasteiger partial charge < -0.3 is 9.73 Å². The normalized spacial score (nSPS) is 11.8. The number of benzene rings is 1. The summed E-state index contributed by atoms with van der Waals surface area (Å²) in [5.74, 6) is 1.39. The van der Waals surface area contributed by atoms with Crippen LogP contribution in [0.2, 0.25) is 0 Å². The largest absolute Gasteiger partial charge is 0.424 e. The molecule has 108 valence electrons. The molecular weight excluding hydrogens is 250 g/mol. The molecule has 4 heteroatoms. The number of nitrogens with one attached hydrogen (secondary N) is 1. The highest BCUT2D eigenvalue weighted by Crippen LogP contribution is 2.08. The molecule has 2 aromatic rings. The molecule has 0 aliphatic heterocycles. The first-order valence-electron chi connectivity index (χ1n) is 7.13. The maximum Gasteiger partial charge on any atom is 0.230 e. The Morgan fingerprint density at radius 3 is 2.40 bits per heavy atom. The first-order valence-corrected chi connectivity index (χ1v) is 7.13. The smallest absolute Gasteiger partial charge is 0.230 e. The zero-order valence-corrected chi connectivity index (χ0v) is 12.5. The highest BCUT2D eigenvalue weighted by atomic mass is 16.4. The van der Waals surface area contributed by atoms with Crippen molar-refractivity contribution in [2.45, 2.75) is 52.1 Å². The Morgan fingerprint density at radius 2 is 1.70 bits per heavy atom. The standard InChI is InChI=1S/C16H23N3O/c1-16(2,3)17-12-15-19-18-14(20-15)11-7-10-13-8-5-4-6-9-13/h4-6,8-9,17H,7,10-12H2,1-3H3. The summed E-state index contributed by atoms with van der Waals surface area (Å²) in [5.41, 5.74) is 1.41. The van der Waals surface area contributed by atoms with Crippen LogP contribution in [0.1, 0.15) is 44.5 Å². The Hall–Kier alpha value is -1.68. The van der Waals surface area contributed by atoms with E-state index in [9.17, 15) is 0 Å². The minimum atomic E-state index is 0.0575. The lowest BCUT2D eigenvalue weighted by molar-refractivity contribution is 0.370. The van der Waals surface area contributed by atoms with Crippen molar-refractivity contribution in [1.29, 1.82) is 0 Å². The van der Waals surface area contributed by atoms with Crippen molar-refractivity contribution in [3.8, 4) is 0 Å².